The van der Waals surface area contributed by atoms with Crippen LogP contribution in [0.2, 0.25) is 0 Å². The van der Waals surface area contributed by atoms with Crippen LogP contribution in [0.25, 0.3) is 0 Å². The summed E-state index contributed by atoms with van der Waals surface area (Å²) in [6, 6.07) is 8.28. The van der Waals surface area contributed by atoms with Crippen LogP contribution in [0, 0.1) is 0 Å². The van der Waals surface area contributed by atoms with Gasteiger partial charge in [0.25, 0.3) is 11.8 Å². The van der Waals surface area contributed by atoms with Crippen LogP contribution in [0.15, 0.2) is 42.6 Å². The minimum atomic E-state index is -4.58. The summed E-state index contributed by atoms with van der Waals surface area (Å²) < 4.78 is 39.7. The number of pyridine rings is 1. The third kappa shape index (κ3) is 6.44. The first-order chi connectivity index (χ1) is 15.7. The van der Waals surface area contributed by atoms with Gasteiger partial charge >= 0.3 is 6.18 Å². The van der Waals surface area contributed by atoms with Crippen LogP contribution in [0.1, 0.15) is 32.7 Å². The molecule has 0 unspecified atom stereocenters. The zero-order chi connectivity index (χ0) is 24.0. The molecule has 1 fully saturated rings. The van der Waals surface area contributed by atoms with E-state index in [0.717, 1.165) is 19.0 Å². The summed E-state index contributed by atoms with van der Waals surface area (Å²) in [5, 5.41) is 2.86. The number of nitrogens with one attached hydrogen (secondary N) is 1. The molecular formula is C23H28F3N5O2. The van der Waals surface area contributed by atoms with Gasteiger partial charge in [-0.3, -0.25) is 9.59 Å². The molecule has 1 N–H and O–H groups in total. The van der Waals surface area contributed by atoms with Gasteiger partial charge in [-0.05, 0) is 51.3 Å². The first-order valence-electron chi connectivity index (χ1n) is 10.8. The third-order valence-electron chi connectivity index (χ3n) is 5.43. The second kappa shape index (κ2) is 10.7. The molecule has 1 aromatic carbocycles. The summed E-state index contributed by atoms with van der Waals surface area (Å²) >= 11 is 0. The highest BCUT2D eigenvalue weighted by Crippen LogP contribution is 2.32. The van der Waals surface area contributed by atoms with Gasteiger partial charge in [-0.1, -0.05) is 12.1 Å². The smallest absolute Gasteiger partial charge is 0.353 e. The molecule has 0 aliphatic carbocycles. The van der Waals surface area contributed by atoms with E-state index in [1.165, 1.54) is 29.3 Å². The molecule has 0 radical (unpaired) electrons. The lowest BCUT2D eigenvalue weighted by Gasteiger charge is -2.35. The van der Waals surface area contributed by atoms with Crippen LogP contribution >= 0.6 is 0 Å². The summed E-state index contributed by atoms with van der Waals surface area (Å²) in [5.41, 5.74) is -0.798. The largest absolute Gasteiger partial charge is 0.417 e. The molecule has 0 atom stereocenters. The number of anilines is 1. The Hall–Kier alpha value is -3.14. The average molecular weight is 464 g/mol. The molecule has 1 aromatic heterocycles. The molecule has 0 bridgehead atoms. The first kappa shape index (κ1) is 24.5. The van der Waals surface area contributed by atoms with Crippen molar-refractivity contribution in [2.75, 3.05) is 58.3 Å². The molecule has 33 heavy (non-hydrogen) atoms. The highest BCUT2D eigenvalue weighted by Gasteiger charge is 2.36. The van der Waals surface area contributed by atoms with Crippen molar-refractivity contribution in [3.8, 4) is 0 Å². The van der Waals surface area contributed by atoms with Gasteiger partial charge in [0, 0.05) is 38.9 Å². The number of hydrogen-bond donors (Lipinski definition) is 1. The average Bonchev–Trinajstić information content (AvgIpc) is 2.81. The molecule has 1 aliphatic heterocycles. The van der Waals surface area contributed by atoms with Crippen molar-refractivity contribution in [2.45, 2.75) is 12.6 Å². The molecule has 2 aromatic rings. The molecule has 0 saturated carbocycles. The number of piperazine rings is 1. The third-order valence-corrected chi connectivity index (χ3v) is 5.43. The van der Waals surface area contributed by atoms with Crippen LogP contribution in [-0.4, -0.2) is 80.0 Å². The maximum atomic E-state index is 13.2. The van der Waals surface area contributed by atoms with E-state index in [-0.39, 0.29) is 24.6 Å². The predicted octanol–water partition coefficient (Wildman–Crippen LogP) is 2.74. The molecule has 7 nitrogen and oxygen atoms in total. The molecule has 1 saturated heterocycles. The Morgan fingerprint density at radius 3 is 2.36 bits per heavy atom. The van der Waals surface area contributed by atoms with Gasteiger partial charge < -0.3 is 20.0 Å². The number of aromatic nitrogens is 1. The first-order valence-corrected chi connectivity index (χ1v) is 10.8. The number of alkyl halides is 3. The Bertz CT molecular complexity index is 955. The van der Waals surface area contributed by atoms with Crippen LogP contribution in [0.5, 0.6) is 0 Å². The van der Waals surface area contributed by atoms with Crippen LogP contribution in [-0.2, 0) is 6.18 Å². The number of rotatable bonds is 7. The van der Waals surface area contributed by atoms with Gasteiger partial charge in [-0.15, -0.1) is 0 Å². The number of halogens is 3. The highest BCUT2D eigenvalue weighted by molar-refractivity contribution is 5.96. The summed E-state index contributed by atoms with van der Waals surface area (Å²) in [5.74, 6) is -0.162. The van der Waals surface area contributed by atoms with Crippen molar-refractivity contribution in [1.29, 1.82) is 0 Å². The number of benzene rings is 1. The number of amides is 2. The lowest BCUT2D eigenvalue weighted by atomic mass is 10.1. The SMILES string of the molecule is CN(C)CCCNC(=O)c1ccc(N2CCN(C(=O)c3ccccc3C(F)(F)F)CC2)nc1. The summed E-state index contributed by atoms with van der Waals surface area (Å²) in [6.45, 7) is 2.88. The fourth-order valence-electron chi connectivity index (χ4n) is 3.63. The van der Waals surface area contributed by atoms with Crippen molar-refractivity contribution >= 4 is 17.6 Å². The number of hydrogen-bond acceptors (Lipinski definition) is 5. The fourth-order valence-corrected chi connectivity index (χ4v) is 3.63. The Morgan fingerprint density at radius 2 is 1.76 bits per heavy atom. The Labute approximate surface area is 191 Å². The molecule has 2 amide bonds. The van der Waals surface area contributed by atoms with Crippen molar-refractivity contribution in [3.05, 3.63) is 59.3 Å². The van der Waals surface area contributed by atoms with Crippen molar-refractivity contribution in [3.63, 3.8) is 0 Å². The zero-order valence-electron chi connectivity index (χ0n) is 18.7. The number of carbonyl (C=O) groups excluding carboxylic acids is 2. The molecule has 2 heterocycles. The van der Waals surface area contributed by atoms with Gasteiger partial charge in [-0.25, -0.2) is 4.98 Å². The van der Waals surface area contributed by atoms with Crippen molar-refractivity contribution in [2.24, 2.45) is 0 Å². The van der Waals surface area contributed by atoms with E-state index in [1.807, 2.05) is 23.9 Å². The second-order valence-electron chi connectivity index (χ2n) is 8.14. The number of carbonyl (C=O) groups is 2. The van der Waals surface area contributed by atoms with Crippen LogP contribution < -0.4 is 10.2 Å². The minimum Gasteiger partial charge on any atom is -0.353 e. The van der Waals surface area contributed by atoms with Crippen LogP contribution in [0.3, 0.4) is 0 Å². The topological polar surface area (TPSA) is 68.8 Å². The van der Waals surface area contributed by atoms with E-state index < -0.39 is 17.6 Å². The zero-order valence-corrected chi connectivity index (χ0v) is 18.7. The molecule has 1 aliphatic rings. The van der Waals surface area contributed by atoms with Crippen molar-refractivity contribution in [1.82, 2.24) is 20.1 Å². The lowest BCUT2D eigenvalue weighted by Crippen LogP contribution is -2.49. The Balaban J connectivity index is 1.55. The molecular weight excluding hydrogens is 435 g/mol. The second-order valence-corrected chi connectivity index (χ2v) is 8.14. The maximum absolute atomic E-state index is 13.2. The van der Waals surface area contributed by atoms with Gasteiger partial charge in [0.15, 0.2) is 0 Å². The summed E-state index contributed by atoms with van der Waals surface area (Å²) in [4.78, 5) is 34.7. The minimum absolute atomic E-state index is 0.188. The quantitative estimate of drug-likeness (QED) is 0.640. The van der Waals surface area contributed by atoms with Gasteiger partial charge in [-0.2, -0.15) is 13.2 Å². The van der Waals surface area contributed by atoms with Crippen molar-refractivity contribution < 1.29 is 22.8 Å². The molecule has 178 valence electrons. The predicted molar refractivity (Wildman–Crippen MR) is 119 cm³/mol. The lowest BCUT2D eigenvalue weighted by molar-refractivity contribution is -0.138. The Kier molecular flexibility index (Phi) is 7.91. The molecule has 0 spiro atoms. The highest BCUT2D eigenvalue weighted by atomic mass is 19.4. The van der Waals surface area contributed by atoms with E-state index in [2.05, 4.69) is 10.3 Å². The fraction of sp³-hybridized carbons (Fsp3) is 0.435. The van der Waals surface area contributed by atoms with Crippen LogP contribution in [0.4, 0.5) is 19.0 Å². The molecule has 3 rings (SSSR count). The number of nitrogens with zero attached hydrogens (tertiary/aromatic N) is 4. The van der Waals surface area contributed by atoms with Gasteiger partial charge in [0.05, 0.1) is 16.7 Å². The monoisotopic (exact) mass is 463 g/mol. The summed E-state index contributed by atoms with van der Waals surface area (Å²) in [7, 11) is 3.95. The van der Waals surface area contributed by atoms with E-state index >= 15 is 0 Å². The van der Waals surface area contributed by atoms with E-state index in [0.29, 0.717) is 31.0 Å². The maximum Gasteiger partial charge on any atom is 0.417 e. The van der Waals surface area contributed by atoms with Gasteiger partial charge in [0.2, 0.25) is 0 Å². The standard InChI is InChI=1S/C23H28F3N5O2/c1-29(2)11-5-10-27-21(32)17-8-9-20(28-16-17)30-12-14-31(15-13-30)22(33)18-6-3-4-7-19(18)23(24,25)26/h3-4,6-9,16H,5,10-15H2,1-2H3,(H,27,32). The normalized spacial score (nSPS) is 14.5. The van der Waals surface area contributed by atoms with E-state index in [1.54, 1.807) is 12.1 Å². The Morgan fingerprint density at radius 1 is 1.06 bits per heavy atom. The summed E-state index contributed by atoms with van der Waals surface area (Å²) in [6.07, 6.45) is -2.23. The van der Waals surface area contributed by atoms with Gasteiger partial charge in [0.1, 0.15) is 5.82 Å². The van der Waals surface area contributed by atoms with E-state index in [9.17, 15) is 22.8 Å². The molecule has 10 heteroatoms. The van der Waals surface area contributed by atoms with E-state index in [4.69, 9.17) is 0 Å².